The van der Waals surface area contributed by atoms with E-state index in [4.69, 9.17) is 4.84 Å². The highest BCUT2D eigenvalue weighted by molar-refractivity contribution is 5.53. The summed E-state index contributed by atoms with van der Waals surface area (Å²) < 4.78 is 0. The van der Waals surface area contributed by atoms with Gasteiger partial charge in [-0.25, -0.2) is 5.06 Å². The highest BCUT2D eigenvalue weighted by atomic mass is 16.7. The normalized spacial score (nSPS) is 23.9. The van der Waals surface area contributed by atoms with Gasteiger partial charge in [-0.3, -0.25) is 4.84 Å². The zero-order valence-electron chi connectivity index (χ0n) is 10.2. The number of nitrogens with one attached hydrogen (secondary N) is 1. The van der Waals surface area contributed by atoms with Crippen molar-refractivity contribution in [2.75, 3.05) is 18.7 Å². The van der Waals surface area contributed by atoms with Crippen LogP contribution in [0.1, 0.15) is 19.4 Å². The number of hydrogen-bond acceptors (Lipinski definition) is 3. The maximum Gasteiger partial charge on any atom is 0.0840 e. The average Bonchev–Trinajstić information content (AvgIpc) is 2.33. The van der Waals surface area contributed by atoms with Gasteiger partial charge in [-0.2, -0.15) is 0 Å². The molecule has 1 fully saturated rings. The molecule has 0 saturated carbocycles. The molecule has 1 heterocycles. The van der Waals surface area contributed by atoms with E-state index >= 15 is 0 Å². The van der Waals surface area contributed by atoms with Crippen molar-refractivity contribution < 1.29 is 4.84 Å². The van der Waals surface area contributed by atoms with E-state index in [1.807, 2.05) is 5.06 Å². The predicted octanol–water partition coefficient (Wildman–Crippen LogP) is 1.98. The van der Waals surface area contributed by atoms with Crippen LogP contribution in [-0.4, -0.2) is 25.7 Å². The van der Waals surface area contributed by atoms with E-state index in [1.54, 1.807) is 7.11 Å². The fourth-order valence-electron chi connectivity index (χ4n) is 2.18. The number of benzene rings is 1. The monoisotopic (exact) mass is 220 g/mol. The van der Waals surface area contributed by atoms with Gasteiger partial charge in [0.25, 0.3) is 0 Å². The maximum atomic E-state index is 5.55. The third-order valence-electron chi connectivity index (χ3n) is 3.33. The van der Waals surface area contributed by atoms with E-state index in [0.29, 0.717) is 12.1 Å². The number of hydroxylamine groups is 1. The lowest BCUT2D eigenvalue weighted by Crippen LogP contribution is -2.63. The van der Waals surface area contributed by atoms with Crippen molar-refractivity contribution in [3.63, 3.8) is 0 Å². The smallest absolute Gasteiger partial charge is 0.0840 e. The first-order valence-electron chi connectivity index (χ1n) is 5.92. The number of hydrogen-bond donors (Lipinski definition) is 1. The minimum atomic E-state index is 0.442. The van der Waals surface area contributed by atoms with Crippen LogP contribution in [0.3, 0.4) is 0 Å². The number of rotatable bonds is 4. The van der Waals surface area contributed by atoms with Gasteiger partial charge >= 0.3 is 0 Å². The van der Waals surface area contributed by atoms with Crippen molar-refractivity contribution in [3.05, 3.63) is 29.8 Å². The topological polar surface area (TPSA) is 24.5 Å². The van der Waals surface area contributed by atoms with Crippen LogP contribution in [0, 0.1) is 0 Å². The first-order chi connectivity index (χ1) is 7.77. The van der Waals surface area contributed by atoms with Gasteiger partial charge in [0.05, 0.1) is 18.8 Å². The minimum Gasteiger partial charge on any atom is -0.310 e. The molecule has 2 unspecified atom stereocenters. The summed E-state index contributed by atoms with van der Waals surface area (Å²) in [5.41, 5.74) is 2.54. The van der Waals surface area contributed by atoms with E-state index in [-0.39, 0.29) is 0 Å². The van der Waals surface area contributed by atoms with Crippen molar-refractivity contribution in [2.24, 2.45) is 0 Å². The molecule has 1 saturated heterocycles. The summed E-state index contributed by atoms with van der Waals surface area (Å²) in [6, 6.07) is 9.38. The molecule has 2 rings (SSSR count). The Bertz CT molecular complexity index is 354. The molecule has 1 aromatic rings. The number of anilines is 1. The molecular formula is C13H20N2O. The maximum absolute atomic E-state index is 5.55. The van der Waals surface area contributed by atoms with Crippen LogP contribution >= 0.6 is 0 Å². The Morgan fingerprint density at radius 3 is 2.69 bits per heavy atom. The van der Waals surface area contributed by atoms with Gasteiger partial charge in [-0.15, -0.1) is 0 Å². The first kappa shape index (κ1) is 11.4. The molecule has 16 heavy (non-hydrogen) atoms. The molecule has 1 N–H and O–H groups in total. The fraction of sp³-hybridized carbons (Fsp3) is 0.538. The van der Waals surface area contributed by atoms with Crippen LogP contribution in [0.15, 0.2) is 24.3 Å². The Hall–Kier alpha value is -1.06. The molecule has 0 amide bonds. The van der Waals surface area contributed by atoms with Gasteiger partial charge in [0.1, 0.15) is 0 Å². The molecule has 3 heteroatoms. The molecule has 3 nitrogen and oxygen atoms in total. The molecule has 0 aromatic heterocycles. The summed E-state index contributed by atoms with van der Waals surface area (Å²) in [4.78, 5) is 5.55. The van der Waals surface area contributed by atoms with E-state index < -0.39 is 0 Å². The second kappa shape index (κ2) is 4.85. The third kappa shape index (κ3) is 1.93. The second-order valence-corrected chi connectivity index (χ2v) is 4.25. The largest absolute Gasteiger partial charge is 0.310 e. The predicted molar refractivity (Wildman–Crippen MR) is 66.6 cm³/mol. The SMILES string of the molecule is CCc1ccccc1N(OC)C1CNC1C. The summed E-state index contributed by atoms with van der Waals surface area (Å²) >= 11 is 0. The van der Waals surface area contributed by atoms with Crippen molar-refractivity contribution in [1.29, 1.82) is 0 Å². The average molecular weight is 220 g/mol. The molecule has 0 aliphatic carbocycles. The molecule has 1 aliphatic heterocycles. The van der Waals surface area contributed by atoms with E-state index in [0.717, 1.165) is 13.0 Å². The number of aryl methyl sites for hydroxylation is 1. The van der Waals surface area contributed by atoms with Crippen molar-refractivity contribution >= 4 is 5.69 Å². The zero-order valence-corrected chi connectivity index (χ0v) is 10.2. The lowest BCUT2D eigenvalue weighted by atomic mass is 10.00. The Balaban J connectivity index is 2.25. The van der Waals surface area contributed by atoms with Gasteiger partial charge in [-0.1, -0.05) is 25.1 Å². The highest BCUT2D eigenvalue weighted by Gasteiger charge is 2.33. The van der Waals surface area contributed by atoms with E-state index in [2.05, 4.69) is 43.4 Å². The molecule has 0 radical (unpaired) electrons. The van der Waals surface area contributed by atoms with Crippen LogP contribution < -0.4 is 10.4 Å². The van der Waals surface area contributed by atoms with Crippen LogP contribution in [0.4, 0.5) is 5.69 Å². The number of para-hydroxylation sites is 1. The van der Waals surface area contributed by atoms with Gasteiger partial charge in [-0.05, 0) is 25.0 Å². The summed E-state index contributed by atoms with van der Waals surface area (Å²) in [5, 5.41) is 5.40. The van der Waals surface area contributed by atoms with Gasteiger partial charge in [0.2, 0.25) is 0 Å². The Morgan fingerprint density at radius 1 is 1.44 bits per heavy atom. The summed E-state index contributed by atoms with van der Waals surface area (Å²) in [5.74, 6) is 0. The van der Waals surface area contributed by atoms with Crippen molar-refractivity contribution in [1.82, 2.24) is 5.32 Å². The molecule has 1 aromatic carbocycles. The molecule has 88 valence electrons. The molecule has 0 spiro atoms. The van der Waals surface area contributed by atoms with Crippen LogP contribution in [0.2, 0.25) is 0 Å². The summed E-state index contributed by atoms with van der Waals surface area (Å²) in [6.07, 6.45) is 1.03. The van der Waals surface area contributed by atoms with Crippen molar-refractivity contribution in [2.45, 2.75) is 32.4 Å². The minimum absolute atomic E-state index is 0.442. The highest BCUT2D eigenvalue weighted by Crippen LogP contribution is 2.26. The molecule has 2 atom stereocenters. The molecule has 1 aliphatic rings. The Labute approximate surface area is 97.4 Å². The quantitative estimate of drug-likeness (QED) is 0.785. The van der Waals surface area contributed by atoms with E-state index in [9.17, 15) is 0 Å². The van der Waals surface area contributed by atoms with Crippen molar-refractivity contribution in [3.8, 4) is 0 Å². The first-order valence-corrected chi connectivity index (χ1v) is 5.92. The number of nitrogens with zero attached hydrogens (tertiary/aromatic N) is 1. The second-order valence-electron chi connectivity index (χ2n) is 4.25. The lowest BCUT2D eigenvalue weighted by Gasteiger charge is -2.43. The Kier molecular flexibility index (Phi) is 3.46. The van der Waals surface area contributed by atoms with Crippen LogP contribution in [0.25, 0.3) is 0 Å². The standard InChI is InChI=1S/C13H20N2O/c1-4-11-7-5-6-8-12(11)15(16-3)13-9-14-10(13)2/h5-8,10,13-14H,4,9H2,1-3H3. The van der Waals surface area contributed by atoms with Crippen LogP contribution in [-0.2, 0) is 11.3 Å². The fourth-order valence-corrected chi connectivity index (χ4v) is 2.18. The van der Waals surface area contributed by atoms with Crippen LogP contribution in [0.5, 0.6) is 0 Å². The Morgan fingerprint density at radius 2 is 2.19 bits per heavy atom. The van der Waals surface area contributed by atoms with Gasteiger partial charge in [0.15, 0.2) is 0 Å². The van der Waals surface area contributed by atoms with Gasteiger partial charge in [0, 0.05) is 12.6 Å². The lowest BCUT2D eigenvalue weighted by molar-refractivity contribution is 0.0991. The van der Waals surface area contributed by atoms with Gasteiger partial charge < -0.3 is 5.32 Å². The summed E-state index contributed by atoms with van der Waals surface area (Å²) in [6.45, 7) is 5.36. The van der Waals surface area contributed by atoms with E-state index in [1.165, 1.54) is 11.3 Å². The third-order valence-corrected chi connectivity index (χ3v) is 3.33. The summed E-state index contributed by atoms with van der Waals surface area (Å²) in [7, 11) is 1.75. The molecular weight excluding hydrogens is 200 g/mol. The molecule has 0 bridgehead atoms. The zero-order chi connectivity index (χ0) is 11.5.